The number of carbonyl (C=O) groups excluding carboxylic acids is 3. The molecule has 1 fully saturated rings. The Morgan fingerprint density at radius 1 is 1.10 bits per heavy atom. The minimum absolute atomic E-state index is 0.0339. The molecule has 0 radical (unpaired) electrons. The van der Waals surface area contributed by atoms with Gasteiger partial charge in [-0.1, -0.05) is 44.0 Å². The second-order valence-electron chi connectivity index (χ2n) is 9.48. The van der Waals surface area contributed by atoms with Gasteiger partial charge in [0.1, 0.15) is 0 Å². The number of carbonyl (C=O) groups is 3. The van der Waals surface area contributed by atoms with Crippen molar-refractivity contribution in [2.75, 3.05) is 7.11 Å². The molecule has 31 heavy (non-hydrogen) atoms. The second-order valence-corrected chi connectivity index (χ2v) is 9.48. The summed E-state index contributed by atoms with van der Waals surface area (Å²) in [5, 5.41) is 6.23. The van der Waals surface area contributed by atoms with Crippen LogP contribution in [0.2, 0.25) is 0 Å². The zero-order valence-electron chi connectivity index (χ0n) is 18.6. The van der Waals surface area contributed by atoms with Gasteiger partial charge in [0.05, 0.1) is 13.0 Å². The highest BCUT2D eigenvalue weighted by atomic mass is 16.5. The topological polar surface area (TPSA) is 84.5 Å². The first-order valence-electron chi connectivity index (χ1n) is 11.3. The average molecular weight is 425 g/mol. The van der Waals surface area contributed by atoms with Gasteiger partial charge in [-0.15, -0.1) is 0 Å². The number of ketones is 1. The quantitative estimate of drug-likeness (QED) is 0.778. The van der Waals surface area contributed by atoms with E-state index in [4.69, 9.17) is 4.74 Å². The third-order valence-electron chi connectivity index (χ3n) is 7.48. The Kier molecular flexibility index (Phi) is 5.91. The van der Waals surface area contributed by atoms with Crippen LogP contribution in [0.15, 0.2) is 36.1 Å². The number of amides is 2. The molecule has 1 aromatic rings. The first-order valence-corrected chi connectivity index (χ1v) is 11.3. The van der Waals surface area contributed by atoms with Crippen molar-refractivity contribution in [3.8, 4) is 0 Å². The van der Waals surface area contributed by atoms with Gasteiger partial charge in [-0.3, -0.25) is 14.4 Å². The van der Waals surface area contributed by atoms with Gasteiger partial charge in [0.15, 0.2) is 11.5 Å². The lowest BCUT2D eigenvalue weighted by atomic mass is 9.67. The van der Waals surface area contributed by atoms with Crippen LogP contribution < -0.4 is 10.6 Å². The van der Waals surface area contributed by atoms with E-state index in [-0.39, 0.29) is 41.4 Å². The standard InChI is InChI=1S/C25H32N2O4/c1-15(28)26-20-10-6-7-11-21(20)27-24(30)19-13-23(31-3)22(29)12-18-17-9-5-4-8-16(17)14-25(18,19)2/h4-5,8-9,13,18-21H,6-7,10-12,14H2,1-3H3,(H,26,28)(H,27,30)/t18-,19+,20-,21+,25-/m1/s1. The fourth-order valence-electron chi connectivity index (χ4n) is 5.88. The SMILES string of the molecule is COC1=C[C@@H](C(=O)N[C@H]2CCCC[C@H]2NC(C)=O)[C@]2(C)Cc3ccccc3[C@H]2CC1=O. The Bertz CT molecular complexity index is 924. The summed E-state index contributed by atoms with van der Waals surface area (Å²) in [6.45, 7) is 3.63. The van der Waals surface area contributed by atoms with E-state index in [2.05, 4.69) is 29.7 Å². The summed E-state index contributed by atoms with van der Waals surface area (Å²) < 4.78 is 5.40. The fraction of sp³-hybridized carbons (Fsp3) is 0.560. The van der Waals surface area contributed by atoms with Gasteiger partial charge < -0.3 is 15.4 Å². The predicted octanol–water partition coefficient (Wildman–Crippen LogP) is 3.02. The number of allylic oxidation sites excluding steroid dienone is 1. The number of benzene rings is 1. The summed E-state index contributed by atoms with van der Waals surface area (Å²) in [5.74, 6) is -0.479. The summed E-state index contributed by atoms with van der Waals surface area (Å²) in [4.78, 5) is 38.2. The smallest absolute Gasteiger partial charge is 0.227 e. The molecule has 0 aliphatic heterocycles. The number of Topliss-reactive ketones (excluding diaryl/α,β-unsaturated/α-hetero) is 1. The third kappa shape index (κ3) is 4.00. The molecule has 0 saturated heterocycles. The normalized spacial score (nSPS) is 32.2. The van der Waals surface area contributed by atoms with Crippen molar-refractivity contribution >= 4 is 17.6 Å². The van der Waals surface area contributed by atoms with E-state index >= 15 is 0 Å². The molecule has 3 aliphatic rings. The summed E-state index contributed by atoms with van der Waals surface area (Å²) in [6, 6.07) is 8.04. The maximum absolute atomic E-state index is 13.7. The van der Waals surface area contributed by atoms with Crippen molar-refractivity contribution in [1.29, 1.82) is 0 Å². The molecule has 6 heteroatoms. The molecular weight excluding hydrogens is 392 g/mol. The zero-order valence-corrected chi connectivity index (χ0v) is 18.6. The summed E-state index contributed by atoms with van der Waals surface area (Å²) in [6.07, 6.45) is 6.58. The molecule has 0 unspecified atom stereocenters. The molecule has 0 bridgehead atoms. The molecule has 3 aliphatic carbocycles. The van der Waals surface area contributed by atoms with Crippen LogP contribution in [-0.4, -0.2) is 36.8 Å². The van der Waals surface area contributed by atoms with E-state index in [1.807, 2.05) is 12.1 Å². The van der Waals surface area contributed by atoms with E-state index in [0.29, 0.717) is 6.42 Å². The van der Waals surface area contributed by atoms with Crippen molar-refractivity contribution in [3.05, 3.63) is 47.2 Å². The van der Waals surface area contributed by atoms with Gasteiger partial charge in [0.25, 0.3) is 0 Å². The highest BCUT2D eigenvalue weighted by Gasteiger charge is 2.52. The second kappa shape index (κ2) is 8.48. The van der Waals surface area contributed by atoms with E-state index in [9.17, 15) is 14.4 Å². The lowest BCUT2D eigenvalue weighted by molar-refractivity contribution is -0.129. The third-order valence-corrected chi connectivity index (χ3v) is 7.48. The minimum atomic E-state index is -0.494. The van der Waals surface area contributed by atoms with E-state index in [1.54, 1.807) is 6.08 Å². The minimum Gasteiger partial charge on any atom is -0.493 e. The molecule has 2 N–H and O–H groups in total. The Hall–Kier alpha value is -2.63. The van der Waals surface area contributed by atoms with Crippen molar-refractivity contribution in [2.24, 2.45) is 11.3 Å². The Balaban J connectivity index is 1.65. The van der Waals surface area contributed by atoms with Crippen LogP contribution in [-0.2, 0) is 25.5 Å². The number of ether oxygens (including phenoxy) is 1. The van der Waals surface area contributed by atoms with Crippen LogP contribution in [0.25, 0.3) is 0 Å². The maximum Gasteiger partial charge on any atom is 0.227 e. The highest BCUT2D eigenvalue weighted by Crippen LogP contribution is 2.55. The summed E-state index contributed by atoms with van der Waals surface area (Å²) in [5.41, 5.74) is 1.96. The van der Waals surface area contributed by atoms with Gasteiger partial charge in [-0.05, 0) is 47.8 Å². The molecule has 0 heterocycles. The number of fused-ring (bicyclic) bond motifs is 3. The number of rotatable bonds is 4. The Morgan fingerprint density at radius 3 is 2.45 bits per heavy atom. The van der Waals surface area contributed by atoms with Crippen LogP contribution in [0, 0.1) is 11.3 Å². The first kappa shape index (κ1) is 21.6. The lowest BCUT2D eigenvalue weighted by Crippen LogP contribution is -2.55. The van der Waals surface area contributed by atoms with Crippen molar-refractivity contribution in [2.45, 2.75) is 70.4 Å². The molecule has 2 amide bonds. The van der Waals surface area contributed by atoms with Gasteiger partial charge >= 0.3 is 0 Å². The number of nitrogens with one attached hydrogen (secondary N) is 2. The summed E-state index contributed by atoms with van der Waals surface area (Å²) >= 11 is 0. The van der Waals surface area contributed by atoms with Gasteiger partial charge in [0, 0.05) is 25.4 Å². The largest absolute Gasteiger partial charge is 0.493 e. The monoisotopic (exact) mass is 424 g/mol. The van der Waals surface area contributed by atoms with Crippen LogP contribution in [0.5, 0.6) is 0 Å². The lowest BCUT2D eigenvalue weighted by Gasteiger charge is -2.38. The number of methoxy groups -OCH3 is 1. The van der Waals surface area contributed by atoms with Crippen molar-refractivity contribution < 1.29 is 19.1 Å². The van der Waals surface area contributed by atoms with Crippen LogP contribution >= 0.6 is 0 Å². The predicted molar refractivity (Wildman–Crippen MR) is 117 cm³/mol. The molecule has 4 rings (SSSR count). The highest BCUT2D eigenvalue weighted by molar-refractivity contribution is 5.96. The number of hydrogen-bond acceptors (Lipinski definition) is 4. The van der Waals surface area contributed by atoms with Crippen molar-refractivity contribution in [3.63, 3.8) is 0 Å². The van der Waals surface area contributed by atoms with Crippen LogP contribution in [0.1, 0.15) is 63.0 Å². The first-order chi connectivity index (χ1) is 14.8. The molecule has 166 valence electrons. The molecule has 1 aromatic carbocycles. The van der Waals surface area contributed by atoms with Gasteiger partial charge in [-0.25, -0.2) is 0 Å². The van der Waals surface area contributed by atoms with E-state index < -0.39 is 11.3 Å². The average Bonchev–Trinajstić information content (AvgIpc) is 2.95. The number of hydrogen-bond donors (Lipinski definition) is 2. The summed E-state index contributed by atoms with van der Waals surface area (Å²) in [7, 11) is 1.49. The van der Waals surface area contributed by atoms with Gasteiger partial charge in [0.2, 0.25) is 11.8 Å². The van der Waals surface area contributed by atoms with Crippen molar-refractivity contribution in [1.82, 2.24) is 10.6 Å². The molecule has 1 saturated carbocycles. The van der Waals surface area contributed by atoms with Gasteiger partial charge in [-0.2, -0.15) is 0 Å². The van der Waals surface area contributed by atoms with E-state index in [0.717, 1.165) is 37.7 Å². The molecular formula is C25H32N2O4. The molecule has 0 aromatic heterocycles. The Morgan fingerprint density at radius 2 is 1.77 bits per heavy atom. The van der Waals surface area contributed by atoms with Crippen LogP contribution in [0.3, 0.4) is 0 Å². The maximum atomic E-state index is 13.7. The fourth-order valence-corrected chi connectivity index (χ4v) is 5.88. The molecule has 5 atom stereocenters. The van der Waals surface area contributed by atoms with E-state index in [1.165, 1.54) is 19.6 Å². The molecule has 6 nitrogen and oxygen atoms in total. The zero-order chi connectivity index (χ0) is 22.2. The van der Waals surface area contributed by atoms with Crippen LogP contribution in [0.4, 0.5) is 0 Å². The Labute approximate surface area is 183 Å². The molecule has 0 spiro atoms.